The summed E-state index contributed by atoms with van der Waals surface area (Å²) >= 11 is 0. The van der Waals surface area contributed by atoms with E-state index in [-0.39, 0.29) is 12.1 Å². The summed E-state index contributed by atoms with van der Waals surface area (Å²) in [5.74, 6) is 0.657. The molecule has 0 aromatic carbocycles. The van der Waals surface area contributed by atoms with E-state index in [4.69, 9.17) is 10.5 Å². The second-order valence-electron chi connectivity index (χ2n) is 5.77. The van der Waals surface area contributed by atoms with E-state index in [1.165, 1.54) is 32.1 Å². The average molecular weight is 277 g/mol. The Balaban J connectivity index is 2.06. The van der Waals surface area contributed by atoms with Crippen molar-refractivity contribution in [2.45, 2.75) is 50.7 Å². The average Bonchev–Trinajstić information content (AvgIpc) is 2.50. The van der Waals surface area contributed by atoms with E-state index in [9.17, 15) is 0 Å². The van der Waals surface area contributed by atoms with Gasteiger partial charge in [-0.25, -0.2) is 0 Å². The maximum atomic E-state index is 6.04. The molecule has 2 atom stereocenters. The number of ether oxygens (including phenoxy) is 1. The Labute approximate surface area is 122 Å². The number of hydrogen-bond acceptors (Lipinski definition) is 4. The molecule has 0 saturated heterocycles. The molecule has 4 heteroatoms. The first-order chi connectivity index (χ1) is 9.76. The lowest BCUT2D eigenvalue weighted by Gasteiger charge is -2.35. The number of anilines is 1. The number of nitrogens with one attached hydrogen (secondary N) is 1. The number of nitrogen functional groups attached to an aromatic ring is 1. The molecule has 3 N–H and O–H groups in total. The minimum Gasteiger partial charge on any atom is -0.398 e. The van der Waals surface area contributed by atoms with Crippen LogP contribution in [0, 0.1) is 5.92 Å². The standard InChI is InChI=1S/C16H27N3O/c1-18-15(10-13-11-19-9-8-14(13)17)16(20-2)12-6-4-3-5-7-12/h8-9,11-12,15-16,18H,3-7,10H2,1-2H3,(H2,17,19). The largest absolute Gasteiger partial charge is 0.398 e. The fourth-order valence-electron chi connectivity index (χ4n) is 3.38. The van der Waals surface area contributed by atoms with Crippen molar-refractivity contribution < 1.29 is 4.74 Å². The van der Waals surface area contributed by atoms with Gasteiger partial charge in [0.2, 0.25) is 0 Å². The second-order valence-corrected chi connectivity index (χ2v) is 5.77. The normalized spacial score (nSPS) is 19.7. The van der Waals surface area contributed by atoms with Crippen molar-refractivity contribution in [2.24, 2.45) is 5.92 Å². The number of likely N-dealkylation sites (N-methyl/N-ethyl adjacent to an activating group) is 1. The lowest BCUT2D eigenvalue weighted by Crippen LogP contribution is -2.45. The molecule has 0 bridgehead atoms. The highest BCUT2D eigenvalue weighted by atomic mass is 16.5. The molecule has 0 radical (unpaired) electrons. The van der Waals surface area contributed by atoms with Crippen LogP contribution in [-0.4, -0.2) is 31.3 Å². The van der Waals surface area contributed by atoms with Crippen molar-refractivity contribution in [2.75, 3.05) is 19.9 Å². The van der Waals surface area contributed by atoms with Gasteiger partial charge in [-0.1, -0.05) is 19.3 Å². The number of pyridine rings is 1. The van der Waals surface area contributed by atoms with Gasteiger partial charge in [0.05, 0.1) is 6.10 Å². The van der Waals surface area contributed by atoms with Crippen LogP contribution in [0.15, 0.2) is 18.5 Å². The Morgan fingerprint density at radius 2 is 2.15 bits per heavy atom. The van der Waals surface area contributed by atoms with Crippen molar-refractivity contribution in [3.05, 3.63) is 24.0 Å². The summed E-state index contributed by atoms with van der Waals surface area (Å²) in [4.78, 5) is 4.18. The molecule has 4 nitrogen and oxygen atoms in total. The van der Waals surface area contributed by atoms with Gasteiger partial charge >= 0.3 is 0 Å². The van der Waals surface area contributed by atoms with Crippen molar-refractivity contribution >= 4 is 5.69 Å². The third-order valence-electron chi connectivity index (χ3n) is 4.54. The monoisotopic (exact) mass is 277 g/mol. The van der Waals surface area contributed by atoms with Crippen LogP contribution in [0.25, 0.3) is 0 Å². The lowest BCUT2D eigenvalue weighted by atomic mass is 9.81. The van der Waals surface area contributed by atoms with Crippen LogP contribution in [0.5, 0.6) is 0 Å². The SMILES string of the molecule is CNC(Cc1cnccc1N)C(OC)C1CCCCC1. The predicted octanol–water partition coefficient (Wildman–Crippen LogP) is 2.39. The molecule has 1 aliphatic rings. The molecule has 2 rings (SSSR count). The van der Waals surface area contributed by atoms with Crippen molar-refractivity contribution in [1.29, 1.82) is 0 Å². The number of nitrogens with two attached hydrogens (primary N) is 1. The van der Waals surface area contributed by atoms with Crippen LogP contribution in [-0.2, 0) is 11.2 Å². The van der Waals surface area contributed by atoms with Crippen LogP contribution < -0.4 is 11.1 Å². The lowest BCUT2D eigenvalue weighted by molar-refractivity contribution is 0.0102. The van der Waals surface area contributed by atoms with E-state index >= 15 is 0 Å². The molecule has 0 spiro atoms. The third-order valence-corrected chi connectivity index (χ3v) is 4.54. The summed E-state index contributed by atoms with van der Waals surface area (Å²) in [5.41, 5.74) is 7.95. The van der Waals surface area contributed by atoms with Gasteiger partial charge in [-0.15, -0.1) is 0 Å². The van der Waals surface area contributed by atoms with Gasteiger partial charge < -0.3 is 15.8 Å². The quantitative estimate of drug-likeness (QED) is 0.838. The van der Waals surface area contributed by atoms with Crippen LogP contribution in [0.3, 0.4) is 0 Å². The zero-order chi connectivity index (χ0) is 14.4. The fourth-order valence-corrected chi connectivity index (χ4v) is 3.38. The molecule has 1 aliphatic carbocycles. The van der Waals surface area contributed by atoms with Gasteiger partial charge in [0.25, 0.3) is 0 Å². The number of nitrogens with zero attached hydrogens (tertiary/aromatic N) is 1. The van der Waals surface area contributed by atoms with Crippen LogP contribution in [0.1, 0.15) is 37.7 Å². The maximum absolute atomic E-state index is 6.04. The van der Waals surface area contributed by atoms with Crippen LogP contribution >= 0.6 is 0 Å². The molecule has 1 aromatic rings. The van der Waals surface area contributed by atoms with E-state index in [0.717, 1.165) is 17.7 Å². The first kappa shape index (κ1) is 15.3. The van der Waals surface area contributed by atoms with Crippen molar-refractivity contribution in [1.82, 2.24) is 10.3 Å². The predicted molar refractivity (Wildman–Crippen MR) is 82.6 cm³/mol. The number of rotatable bonds is 6. The highest BCUT2D eigenvalue weighted by molar-refractivity contribution is 5.44. The smallest absolute Gasteiger partial charge is 0.0755 e. The maximum Gasteiger partial charge on any atom is 0.0755 e. The zero-order valence-corrected chi connectivity index (χ0v) is 12.6. The summed E-state index contributed by atoms with van der Waals surface area (Å²) in [5, 5.41) is 3.42. The molecule has 1 aromatic heterocycles. The molecule has 0 amide bonds. The third kappa shape index (κ3) is 3.70. The van der Waals surface area contributed by atoms with Crippen molar-refractivity contribution in [3.8, 4) is 0 Å². The molecule has 1 heterocycles. The Hall–Kier alpha value is -1.13. The van der Waals surface area contributed by atoms with E-state index < -0.39 is 0 Å². The van der Waals surface area contributed by atoms with Gasteiger partial charge in [-0.05, 0) is 43.9 Å². The van der Waals surface area contributed by atoms with Crippen molar-refractivity contribution in [3.63, 3.8) is 0 Å². The molecular weight excluding hydrogens is 250 g/mol. The van der Waals surface area contributed by atoms with Gasteiger partial charge in [-0.2, -0.15) is 0 Å². The summed E-state index contributed by atoms with van der Waals surface area (Å²) < 4.78 is 5.83. The van der Waals surface area contributed by atoms with Gasteiger partial charge in [0, 0.05) is 31.2 Å². The summed E-state index contributed by atoms with van der Waals surface area (Å²) in [6, 6.07) is 2.15. The van der Waals surface area contributed by atoms with Crippen LogP contribution in [0.4, 0.5) is 5.69 Å². The number of aromatic nitrogens is 1. The van der Waals surface area contributed by atoms with E-state index in [1.807, 2.05) is 26.4 Å². The molecule has 1 fully saturated rings. The first-order valence-corrected chi connectivity index (χ1v) is 7.64. The first-order valence-electron chi connectivity index (χ1n) is 7.64. The molecule has 0 aliphatic heterocycles. The minimum atomic E-state index is 0.250. The second kappa shape index (κ2) is 7.60. The molecular formula is C16H27N3O. The van der Waals surface area contributed by atoms with Crippen LogP contribution in [0.2, 0.25) is 0 Å². The van der Waals surface area contributed by atoms with Gasteiger partial charge in [0.15, 0.2) is 0 Å². The Morgan fingerprint density at radius 1 is 1.40 bits per heavy atom. The highest BCUT2D eigenvalue weighted by Gasteiger charge is 2.30. The van der Waals surface area contributed by atoms with E-state index in [1.54, 1.807) is 6.20 Å². The van der Waals surface area contributed by atoms with Gasteiger partial charge in [-0.3, -0.25) is 4.98 Å². The summed E-state index contributed by atoms with van der Waals surface area (Å²) in [6.07, 6.45) is 11.3. The fraction of sp³-hybridized carbons (Fsp3) is 0.688. The molecule has 20 heavy (non-hydrogen) atoms. The minimum absolute atomic E-state index is 0.250. The zero-order valence-electron chi connectivity index (χ0n) is 12.6. The Kier molecular flexibility index (Phi) is 5.80. The van der Waals surface area contributed by atoms with E-state index in [0.29, 0.717) is 5.92 Å². The Morgan fingerprint density at radius 3 is 2.75 bits per heavy atom. The molecule has 112 valence electrons. The van der Waals surface area contributed by atoms with Gasteiger partial charge in [0.1, 0.15) is 0 Å². The Bertz CT molecular complexity index is 404. The summed E-state index contributed by atoms with van der Waals surface area (Å²) in [6.45, 7) is 0. The number of methoxy groups -OCH3 is 1. The number of hydrogen-bond donors (Lipinski definition) is 2. The topological polar surface area (TPSA) is 60.2 Å². The summed E-state index contributed by atoms with van der Waals surface area (Å²) in [7, 11) is 3.84. The van der Waals surface area contributed by atoms with E-state index in [2.05, 4.69) is 10.3 Å². The highest BCUT2D eigenvalue weighted by Crippen LogP contribution is 2.30. The molecule has 1 saturated carbocycles. The molecule has 2 unspecified atom stereocenters.